The maximum atomic E-state index is 12.4. The van der Waals surface area contributed by atoms with Crippen LogP contribution < -0.4 is 15.0 Å². The maximum absolute atomic E-state index is 12.4. The summed E-state index contributed by atoms with van der Waals surface area (Å²) in [4.78, 5) is 38.4. The topological polar surface area (TPSA) is 84.9 Å². The quantitative estimate of drug-likeness (QED) is 0.613. The molecule has 1 saturated heterocycles. The minimum absolute atomic E-state index is 0.0119. The Kier molecular flexibility index (Phi) is 6.99. The standard InChI is InChI=1S/C21H20BrClN2O5/c1-12-7-15(4-5-16(12)22)24-19(26)11-30-21(28)13-8-20(27)25(10-13)17-9-14(23)3-6-18(17)29-2/h3-7,9,13H,8,10-11H2,1-2H3,(H,24,26)/t13-/m1/s1. The van der Waals surface area contributed by atoms with E-state index in [0.29, 0.717) is 22.1 Å². The Balaban J connectivity index is 1.57. The highest BCUT2D eigenvalue weighted by Gasteiger charge is 2.37. The summed E-state index contributed by atoms with van der Waals surface area (Å²) < 4.78 is 11.3. The van der Waals surface area contributed by atoms with Crippen LogP contribution in [0.15, 0.2) is 40.9 Å². The number of hydrogen-bond donors (Lipinski definition) is 1. The molecule has 1 N–H and O–H groups in total. The fourth-order valence-corrected chi connectivity index (χ4v) is 3.56. The van der Waals surface area contributed by atoms with Crippen LogP contribution in [0.2, 0.25) is 5.02 Å². The van der Waals surface area contributed by atoms with Gasteiger partial charge in [0.1, 0.15) is 5.75 Å². The number of carbonyl (C=O) groups is 3. The number of benzene rings is 2. The zero-order chi connectivity index (χ0) is 21.8. The van der Waals surface area contributed by atoms with Crippen LogP contribution in [0.3, 0.4) is 0 Å². The number of aryl methyl sites for hydroxylation is 1. The molecule has 158 valence electrons. The molecule has 2 aromatic carbocycles. The monoisotopic (exact) mass is 494 g/mol. The van der Waals surface area contributed by atoms with Crippen molar-refractivity contribution in [1.82, 2.24) is 0 Å². The summed E-state index contributed by atoms with van der Waals surface area (Å²) in [6.07, 6.45) is -0.0119. The minimum atomic E-state index is -0.677. The Morgan fingerprint density at radius 1 is 1.27 bits per heavy atom. The van der Waals surface area contributed by atoms with Crippen LogP contribution in [-0.2, 0) is 19.1 Å². The molecule has 30 heavy (non-hydrogen) atoms. The third-order valence-corrected chi connectivity index (χ3v) is 5.80. The van der Waals surface area contributed by atoms with Crippen molar-refractivity contribution in [3.63, 3.8) is 0 Å². The lowest BCUT2D eigenvalue weighted by molar-refractivity contribution is -0.151. The van der Waals surface area contributed by atoms with Gasteiger partial charge in [0.15, 0.2) is 6.61 Å². The summed E-state index contributed by atoms with van der Waals surface area (Å²) in [5.41, 5.74) is 2.06. The van der Waals surface area contributed by atoms with Crippen LogP contribution in [0.25, 0.3) is 0 Å². The van der Waals surface area contributed by atoms with E-state index in [1.165, 1.54) is 12.0 Å². The number of carbonyl (C=O) groups excluding carboxylic acids is 3. The molecule has 3 rings (SSSR count). The van der Waals surface area contributed by atoms with Crippen molar-refractivity contribution in [3.8, 4) is 5.75 Å². The number of nitrogens with zero attached hydrogens (tertiary/aromatic N) is 1. The largest absolute Gasteiger partial charge is 0.495 e. The van der Waals surface area contributed by atoms with E-state index in [2.05, 4.69) is 21.2 Å². The van der Waals surface area contributed by atoms with Gasteiger partial charge in [0, 0.05) is 28.1 Å². The zero-order valence-electron chi connectivity index (χ0n) is 16.4. The molecule has 1 fully saturated rings. The van der Waals surface area contributed by atoms with Crippen LogP contribution in [0.4, 0.5) is 11.4 Å². The van der Waals surface area contributed by atoms with E-state index in [1.807, 2.05) is 13.0 Å². The van der Waals surface area contributed by atoms with Gasteiger partial charge in [-0.2, -0.15) is 0 Å². The molecule has 0 unspecified atom stereocenters. The maximum Gasteiger partial charge on any atom is 0.311 e. The van der Waals surface area contributed by atoms with Gasteiger partial charge >= 0.3 is 5.97 Å². The normalized spacial score (nSPS) is 15.8. The van der Waals surface area contributed by atoms with E-state index in [1.54, 1.807) is 30.3 Å². The van der Waals surface area contributed by atoms with Gasteiger partial charge in [-0.3, -0.25) is 14.4 Å². The van der Waals surface area contributed by atoms with E-state index in [4.69, 9.17) is 21.1 Å². The van der Waals surface area contributed by atoms with E-state index in [9.17, 15) is 14.4 Å². The summed E-state index contributed by atoms with van der Waals surface area (Å²) in [5, 5.41) is 3.12. The van der Waals surface area contributed by atoms with Crippen LogP contribution >= 0.6 is 27.5 Å². The highest BCUT2D eigenvalue weighted by atomic mass is 79.9. The molecule has 7 nitrogen and oxygen atoms in total. The molecule has 9 heteroatoms. The van der Waals surface area contributed by atoms with E-state index < -0.39 is 24.4 Å². The number of amides is 2. The molecule has 0 aliphatic carbocycles. The summed E-state index contributed by atoms with van der Waals surface area (Å²) in [7, 11) is 1.49. The number of hydrogen-bond acceptors (Lipinski definition) is 5. The number of anilines is 2. The van der Waals surface area contributed by atoms with Crippen molar-refractivity contribution in [3.05, 3.63) is 51.5 Å². The summed E-state index contributed by atoms with van der Waals surface area (Å²) in [6.45, 7) is 1.60. The number of esters is 1. The highest BCUT2D eigenvalue weighted by molar-refractivity contribution is 9.10. The van der Waals surface area contributed by atoms with Crippen molar-refractivity contribution in [2.24, 2.45) is 5.92 Å². The van der Waals surface area contributed by atoms with Gasteiger partial charge in [-0.05, 0) is 48.9 Å². The highest BCUT2D eigenvalue weighted by Crippen LogP contribution is 2.35. The number of rotatable bonds is 6. The van der Waals surface area contributed by atoms with Crippen molar-refractivity contribution in [2.45, 2.75) is 13.3 Å². The number of ether oxygens (including phenoxy) is 2. The predicted octanol–water partition coefficient (Wildman–Crippen LogP) is 3.95. The second kappa shape index (κ2) is 9.49. The Bertz CT molecular complexity index is 997. The van der Waals surface area contributed by atoms with Gasteiger partial charge in [0.25, 0.3) is 5.91 Å². The first-order valence-electron chi connectivity index (χ1n) is 9.15. The minimum Gasteiger partial charge on any atom is -0.495 e. The first kappa shape index (κ1) is 22.1. The fraction of sp³-hybridized carbons (Fsp3) is 0.286. The van der Waals surface area contributed by atoms with Gasteiger partial charge in [0.2, 0.25) is 5.91 Å². The molecule has 0 bridgehead atoms. The number of methoxy groups -OCH3 is 1. The molecule has 0 saturated carbocycles. The summed E-state index contributed by atoms with van der Waals surface area (Å²) >= 11 is 9.43. The van der Waals surface area contributed by atoms with Crippen LogP contribution in [0.5, 0.6) is 5.75 Å². The predicted molar refractivity (Wildman–Crippen MR) is 117 cm³/mol. The molecule has 1 aliphatic heterocycles. The third kappa shape index (κ3) is 5.12. The van der Waals surface area contributed by atoms with E-state index >= 15 is 0 Å². The average Bonchev–Trinajstić information content (AvgIpc) is 3.10. The molecule has 2 amide bonds. The number of halogens is 2. The summed E-state index contributed by atoms with van der Waals surface area (Å²) in [5.74, 6) is -1.50. The Morgan fingerprint density at radius 3 is 2.73 bits per heavy atom. The average molecular weight is 496 g/mol. The molecule has 1 heterocycles. The molecule has 1 aliphatic rings. The number of nitrogens with one attached hydrogen (secondary N) is 1. The van der Waals surface area contributed by atoms with E-state index in [0.717, 1.165) is 10.0 Å². The molecule has 0 aromatic heterocycles. The first-order valence-corrected chi connectivity index (χ1v) is 10.3. The SMILES string of the molecule is COc1ccc(Cl)cc1N1C[C@H](C(=O)OCC(=O)Nc2ccc(Br)c(C)c2)CC1=O. The molecular weight excluding hydrogens is 476 g/mol. The van der Waals surface area contributed by atoms with Gasteiger partial charge in [-0.1, -0.05) is 27.5 Å². The third-order valence-electron chi connectivity index (χ3n) is 4.68. The molecule has 0 spiro atoms. The van der Waals surface area contributed by atoms with Gasteiger partial charge in [-0.25, -0.2) is 0 Å². The van der Waals surface area contributed by atoms with Crippen LogP contribution in [0.1, 0.15) is 12.0 Å². The molecule has 1 atom stereocenters. The second-order valence-corrected chi connectivity index (χ2v) is 8.13. The van der Waals surface area contributed by atoms with Gasteiger partial charge in [0.05, 0.1) is 18.7 Å². The smallest absolute Gasteiger partial charge is 0.311 e. The lowest BCUT2D eigenvalue weighted by Gasteiger charge is -2.19. The Morgan fingerprint density at radius 2 is 2.03 bits per heavy atom. The van der Waals surface area contributed by atoms with E-state index in [-0.39, 0.29) is 18.9 Å². The fourth-order valence-electron chi connectivity index (χ4n) is 3.15. The molecule has 2 aromatic rings. The lowest BCUT2D eigenvalue weighted by atomic mass is 10.1. The molecule has 0 radical (unpaired) electrons. The van der Waals surface area contributed by atoms with Crippen molar-refractivity contribution in [2.75, 3.05) is 30.5 Å². The van der Waals surface area contributed by atoms with Crippen LogP contribution in [0, 0.1) is 12.8 Å². The Hall–Kier alpha value is -2.58. The summed E-state index contributed by atoms with van der Waals surface area (Å²) in [6, 6.07) is 10.3. The van der Waals surface area contributed by atoms with Crippen molar-refractivity contribution in [1.29, 1.82) is 0 Å². The molecular formula is C21H20BrClN2O5. The first-order chi connectivity index (χ1) is 14.3. The van der Waals surface area contributed by atoms with Gasteiger partial charge < -0.3 is 19.7 Å². The zero-order valence-corrected chi connectivity index (χ0v) is 18.7. The van der Waals surface area contributed by atoms with Gasteiger partial charge in [-0.15, -0.1) is 0 Å². The van der Waals surface area contributed by atoms with Crippen molar-refractivity contribution < 1.29 is 23.9 Å². The Labute approximate surface area is 187 Å². The van der Waals surface area contributed by atoms with Crippen LogP contribution in [-0.4, -0.2) is 38.0 Å². The van der Waals surface area contributed by atoms with Crippen molar-refractivity contribution >= 4 is 56.7 Å². The lowest BCUT2D eigenvalue weighted by Crippen LogP contribution is -2.28. The second-order valence-electron chi connectivity index (χ2n) is 6.84.